The van der Waals surface area contributed by atoms with Crippen molar-refractivity contribution >= 4 is 28.7 Å². The van der Waals surface area contributed by atoms with Gasteiger partial charge in [-0.25, -0.2) is 4.52 Å². The Balaban J connectivity index is 1.45. The van der Waals surface area contributed by atoms with Crippen LogP contribution in [-0.2, 0) is 6.18 Å². The van der Waals surface area contributed by atoms with Gasteiger partial charge >= 0.3 is 6.18 Å². The topological polar surface area (TPSA) is 72.4 Å². The first-order valence-corrected chi connectivity index (χ1v) is 10.5. The Morgan fingerprint density at radius 2 is 1.97 bits per heavy atom. The number of anilines is 1. The number of amides is 1. The van der Waals surface area contributed by atoms with Gasteiger partial charge in [-0.15, -0.1) is 0 Å². The second-order valence-corrected chi connectivity index (χ2v) is 8.35. The van der Waals surface area contributed by atoms with Crippen LogP contribution in [0.1, 0.15) is 53.1 Å². The van der Waals surface area contributed by atoms with Gasteiger partial charge in [-0.2, -0.15) is 18.3 Å². The van der Waals surface area contributed by atoms with E-state index in [9.17, 15) is 18.0 Å². The number of alkyl halides is 3. The summed E-state index contributed by atoms with van der Waals surface area (Å²) in [5.74, 6) is -0.708. The van der Waals surface area contributed by atoms with Crippen molar-refractivity contribution in [1.82, 2.24) is 9.61 Å². The van der Waals surface area contributed by atoms with Gasteiger partial charge in [0.1, 0.15) is 0 Å². The minimum absolute atomic E-state index is 0.0356. The lowest BCUT2D eigenvalue weighted by molar-refractivity contribution is -0.137. The van der Waals surface area contributed by atoms with Crippen LogP contribution in [0.25, 0.3) is 5.52 Å². The van der Waals surface area contributed by atoms with Crippen molar-refractivity contribution in [3.05, 3.63) is 64.4 Å². The first kappa shape index (κ1) is 21.5. The minimum Gasteiger partial charge on any atom is -0.382 e. The number of pyridine rings is 1. The number of aromatic nitrogens is 2. The molecule has 164 valence electrons. The van der Waals surface area contributed by atoms with Crippen molar-refractivity contribution < 1.29 is 18.0 Å². The number of halogens is 4. The van der Waals surface area contributed by atoms with E-state index in [2.05, 4.69) is 10.4 Å². The SMILES string of the molecule is NC(=O)c1cc(C(F)(F)F)cc(C2CCC(CNc3cnn4ccccc34)CC2)c1Cl. The Morgan fingerprint density at radius 3 is 2.65 bits per heavy atom. The molecule has 1 aromatic carbocycles. The second-order valence-electron chi connectivity index (χ2n) is 7.98. The van der Waals surface area contributed by atoms with Gasteiger partial charge in [0.25, 0.3) is 0 Å². The summed E-state index contributed by atoms with van der Waals surface area (Å²) in [6.45, 7) is 0.756. The number of nitrogens with one attached hydrogen (secondary N) is 1. The zero-order valence-electron chi connectivity index (χ0n) is 16.6. The summed E-state index contributed by atoms with van der Waals surface area (Å²) >= 11 is 6.29. The largest absolute Gasteiger partial charge is 0.416 e. The monoisotopic (exact) mass is 450 g/mol. The minimum atomic E-state index is -4.57. The van der Waals surface area contributed by atoms with E-state index in [4.69, 9.17) is 17.3 Å². The summed E-state index contributed by atoms with van der Waals surface area (Å²) in [5, 5.41) is 7.78. The maximum Gasteiger partial charge on any atom is 0.416 e. The maximum absolute atomic E-state index is 13.3. The molecule has 1 saturated carbocycles. The number of carbonyl (C=O) groups is 1. The Bertz CT molecular complexity index is 1100. The van der Waals surface area contributed by atoms with Crippen molar-refractivity contribution in [2.75, 3.05) is 11.9 Å². The van der Waals surface area contributed by atoms with Crippen LogP contribution in [0.2, 0.25) is 5.02 Å². The summed E-state index contributed by atoms with van der Waals surface area (Å²) < 4.78 is 41.7. The van der Waals surface area contributed by atoms with E-state index in [1.165, 1.54) is 0 Å². The number of benzene rings is 1. The molecular weight excluding hydrogens is 429 g/mol. The molecule has 0 aliphatic heterocycles. The molecule has 31 heavy (non-hydrogen) atoms. The fraction of sp³-hybridized carbons (Fsp3) is 0.364. The third-order valence-electron chi connectivity index (χ3n) is 5.99. The smallest absolute Gasteiger partial charge is 0.382 e. The molecule has 0 unspecified atom stereocenters. The van der Waals surface area contributed by atoms with E-state index >= 15 is 0 Å². The van der Waals surface area contributed by atoms with Crippen molar-refractivity contribution in [1.29, 1.82) is 0 Å². The van der Waals surface area contributed by atoms with Gasteiger partial charge in [0.15, 0.2) is 0 Å². The zero-order valence-corrected chi connectivity index (χ0v) is 17.4. The van der Waals surface area contributed by atoms with Crippen molar-refractivity contribution in [2.24, 2.45) is 11.7 Å². The molecule has 0 atom stereocenters. The maximum atomic E-state index is 13.3. The number of fused-ring (bicyclic) bond motifs is 1. The molecule has 0 radical (unpaired) electrons. The fourth-order valence-corrected chi connectivity index (χ4v) is 4.65. The van der Waals surface area contributed by atoms with Gasteiger partial charge in [0, 0.05) is 12.7 Å². The van der Waals surface area contributed by atoms with Crippen molar-refractivity contribution in [3.8, 4) is 0 Å². The first-order valence-electron chi connectivity index (χ1n) is 10.1. The number of nitrogens with two attached hydrogens (primary N) is 1. The van der Waals surface area contributed by atoms with Crippen molar-refractivity contribution in [2.45, 2.75) is 37.8 Å². The second kappa shape index (κ2) is 8.42. The molecule has 0 saturated heterocycles. The first-order chi connectivity index (χ1) is 14.7. The molecule has 2 heterocycles. The van der Waals surface area contributed by atoms with Crippen LogP contribution in [0.4, 0.5) is 18.9 Å². The molecule has 0 bridgehead atoms. The summed E-state index contributed by atoms with van der Waals surface area (Å²) in [7, 11) is 0. The standard InChI is InChI=1S/C22H22ClF3N4O/c23-20-16(9-15(22(24,25)26)10-17(20)21(27)31)14-6-4-13(5-7-14)11-28-18-12-29-30-8-2-1-3-19(18)30/h1-3,8-10,12-14,28H,4-7,11H2,(H2,27,31). The van der Waals surface area contributed by atoms with Crippen LogP contribution < -0.4 is 11.1 Å². The van der Waals surface area contributed by atoms with Crippen LogP contribution >= 0.6 is 11.6 Å². The summed E-state index contributed by atoms with van der Waals surface area (Å²) in [6, 6.07) is 7.65. The Labute approximate surface area is 182 Å². The third-order valence-corrected chi connectivity index (χ3v) is 6.41. The number of carbonyl (C=O) groups excluding carboxylic acids is 1. The highest BCUT2D eigenvalue weighted by molar-refractivity contribution is 6.34. The van der Waals surface area contributed by atoms with Crippen LogP contribution in [0, 0.1) is 5.92 Å². The molecule has 9 heteroatoms. The van der Waals surface area contributed by atoms with E-state index in [-0.39, 0.29) is 16.5 Å². The predicted molar refractivity (Wildman–Crippen MR) is 113 cm³/mol. The van der Waals surface area contributed by atoms with E-state index in [0.717, 1.165) is 42.7 Å². The van der Waals surface area contributed by atoms with Gasteiger partial charge in [0.05, 0.1) is 33.6 Å². The zero-order chi connectivity index (χ0) is 22.2. The van der Waals surface area contributed by atoms with Gasteiger partial charge in [-0.3, -0.25) is 4.79 Å². The van der Waals surface area contributed by atoms with Crippen LogP contribution in [-0.4, -0.2) is 22.1 Å². The summed E-state index contributed by atoms with van der Waals surface area (Å²) in [5.41, 5.74) is 6.41. The highest BCUT2D eigenvalue weighted by atomic mass is 35.5. The molecule has 4 rings (SSSR count). The molecule has 1 amide bonds. The highest BCUT2D eigenvalue weighted by Gasteiger charge is 2.34. The van der Waals surface area contributed by atoms with Crippen molar-refractivity contribution in [3.63, 3.8) is 0 Å². The lowest BCUT2D eigenvalue weighted by atomic mass is 9.78. The molecule has 1 fully saturated rings. The fourth-order valence-electron chi connectivity index (χ4n) is 4.29. The van der Waals surface area contributed by atoms with E-state index in [0.29, 0.717) is 24.3 Å². The summed E-state index contributed by atoms with van der Waals surface area (Å²) in [6.07, 6.45) is 2.17. The number of primary amides is 1. The number of rotatable bonds is 5. The molecule has 3 N–H and O–H groups in total. The molecule has 0 spiro atoms. The molecule has 1 aliphatic rings. The Kier molecular flexibility index (Phi) is 5.83. The molecule has 5 nitrogen and oxygen atoms in total. The van der Waals surface area contributed by atoms with E-state index in [1.807, 2.05) is 24.4 Å². The lowest BCUT2D eigenvalue weighted by Crippen LogP contribution is -2.22. The van der Waals surface area contributed by atoms with Gasteiger partial charge < -0.3 is 11.1 Å². The number of hydrogen-bond donors (Lipinski definition) is 2. The molecule has 1 aliphatic carbocycles. The predicted octanol–water partition coefficient (Wildman–Crippen LogP) is 5.49. The van der Waals surface area contributed by atoms with Crippen LogP contribution in [0.3, 0.4) is 0 Å². The van der Waals surface area contributed by atoms with E-state index in [1.54, 1.807) is 10.7 Å². The Hall–Kier alpha value is -2.74. The number of nitrogens with zero attached hydrogens (tertiary/aromatic N) is 2. The average molecular weight is 451 g/mol. The third kappa shape index (κ3) is 4.49. The molecular formula is C22H22ClF3N4O. The van der Waals surface area contributed by atoms with Gasteiger partial charge in [-0.05, 0) is 67.3 Å². The molecule has 2 aromatic heterocycles. The van der Waals surface area contributed by atoms with Gasteiger partial charge in [-0.1, -0.05) is 17.7 Å². The average Bonchev–Trinajstić information content (AvgIpc) is 3.15. The Morgan fingerprint density at radius 1 is 1.23 bits per heavy atom. The molecule has 3 aromatic rings. The van der Waals surface area contributed by atoms with Gasteiger partial charge in [0.2, 0.25) is 5.91 Å². The highest BCUT2D eigenvalue weighted by Crippen LogP contribution is 2.42. The van der Waals surface area contributed by atoms with Crippen LogP contribution in [0.15, 0.2) is 42.7 Å². The number of hydrogen-bond acceptors (Lipinski definition) is 3. The quantitative estimate of drug-likeness (QED) is 0.539. The van der Waals surface area contributed by atoms with E-state index < -0.39 is 17.6 Å². The summed E-state index contributed by atoms with van der Waals surface area (Å²) in [4.78, 5) is 11.6. The lowest BCUT2D eigenvalue weighted by Gasteiger charge is -2.30. The van der Waals surface area contributed by atoms with Crippen LogP contribution in [0.5, 0.6) is 0 Å². The normalized spacial score (nSPS) is 19.5.